The Balaban J connectivity index is 2.04. The van der Waals surface area contributed by atoms with Crippen molar-refractivity contribution in [1.29, 1.82) is 0 Å². The molecule has 0 unspecified atom stereocenters. The fraction of sp³-hybridized carbons (Fsp3) is 0.294. The minimum absolute atomic E-state index is 0.0475. The van der Waals surface area contributed by atoms with E-state index in [2.05, 4.69) is 4.72 Å². The standard InChI is InChI=1S/C17H21NO3S/c1-17(2,3)21-16-11-9-15(10-12-16)18-22(19,20)13-14-7-5-4-6-8-14/h4-12,18H,13H2,1-3H3. The maximum Gasteiger partial charge on any atom is 0.236 e. The van der Waals surface area contributed by atoms with Crippen LogP contribution in [0.25, 0.3) is 0 Å². The van der Waals surface area contributed by atoms with Crippen molar-refractivity contribution in [1.82, 2.24) is 0 Å². The number of benzene rings is 2. The maximum absolute atomic E-state index is 12.1. The van der Waals surface area contributed by atoms with Crippen LogP contribution in [0.4, 0.5) is 5.69 Å². The summed E-state index contributed by atoms with van der Waals surface area (Å²) in [5.41, 5.74) is 0.994. The molecule has 0 fully saturated rings. The summed E-state index contributed by atoms with van der Waals surface area (Å²) in [6.07, 6.45) is 0. The minimum Gasteiger partial charge on any atom is -0.488 e. The summed E-state index contributed by atoms with van der Waals surface area (Å²) < 4.78 is 32.6. The van der Waals surface area contributed by atoms with Gasteiger partial charge >= 0.3 is 0 Å². The molecule has 0 saturated carbocycles. The van der Waals surface area contributed by atoms with Crippen LogP contribution in [-0.4, -0.2) is 14.0 Å². The molecular formula is C17H21NO3S. The Hall–Kier alpha value is -2.01. The molecule has 2 aromatic rings. The van der Waals surface area contributed by atoms with E-state index in [9.17, 15) is 8.42 Å². The topological polar surface area (TPSA) is 55.4 Å². The zero-order chi connectivity index (χ0) is 16.2. The summed E-state index contributed by atoms with van der Waals surface area (Å²) in [6, 6.07) is 16.0. The molecule has 118 valence electrons. The third-order valence-electron chi connectivity index (χ3n) is 2.75. The van der Waals surface area contributed by atoms with Crippen molar-refractivity contribution in [2.75, 3.05) is 4.72 Å². The van der Waals surface area contributed by atoms with E-state index in [4.69, 9.17) is 4.74 Å². The van der Waals surface area contributed by atoms with Crippen molar-refractivity contribution < 1.29 is 13.2 Å². The van der Waals surface area contributed by atoms with Crippen molar-refractivity contribution >= 4 is 15.7 Å². The average Bonchev–Trinajstić information content (AvgIpc) is 2.39. The molecule has 0 atom stereocenters. The van der Waals surface area contributed by atoms with E-state index in [1.54, 1.807) is 36.4 Å². The first-order chi connectivity index (χ1) is 10.2. The molecule has 0 aliphatic carbocycles. The zero-order valence-corrected chi connectivity index (χ0v) is 13.9. The Labute approximate surface area is 132 Å². The van der Waals surface area contributed by atoms with Gasteiger partial charge in [-0.2, -0.15) is 0 Å². The van der Waals surface area contributed by atoms with Gasteiger partial charge < -0.3 is 4.74 Å². The SMILES string of the molecule is CC(C)(C)Oc1ccc(NS(=O)(=O)Cc2ccccc2)cc1. The van der Waals surface area contributed by atoms with E-state index in [-0.39, 0.29) is 11.4 Å². The molecule has 0 amide bonds. The molecule has 5 heteroatoms. The van der Waals surface area contributed by atoms with Crippen LogP contribution in [0.3, 0.4) is 0 Å². The van der Waals surface area contributed by atoms with Crippen molar-refractivity contribution in [3.05, 3.63) is 60.2 Å². The van der Waals surface area contributed by atoms with Crippen molar-refractivity contribution in [3.8, 4) is 5.75 Å². The molecular weight excluding hydrogens is 298 g/mol. The van der Waals surface area contributed by atoms with Gasteiger partial charge in [0.1, 0.15) is 11.4 Å². The van der Waals surface area contributed by atoms with E-state index < -0.39 is 10.0 Å². The van der Waals surface area contributed by atoms with Crippen molar-refractivity contribution in [2.24, 2.45) is 0 Å². The molecule has 22 heavy (non-hydrogen) atoms. The number of nitrogens with one attached hydrogen (secondary N) is 1. The number of anilines is 1. The third kappa shape index (κ3) is 5.41. The maximum atomic E-state index is 12.1. The van der Waals surface area contributed by atoms with Crippen LogP contribution in [0, 0.1) is 0 Å². The second-order valence-electron chi connectivity index (χ2n) is 6.09. The fourth-order valence-corrected chi connectivity index (χ4v) is 3.15. The van der Waals surface area contributed by atoms with Crippen LogP contribution in [0.1, 0.15) is 26.3 Å². The molecule has 0 radical (unpaired) electrons. The Kier molecular flexibility index (Phi) is 4.76. The van der Waals surface area contributed by atoms with Crippen molar-refractivity contribution in [2.45, 2.75) is 32.1 Å². The van der Waals surface area contributed by atoms with Gasteiger partial charge in [-0.1, -0.05) is 30.3 Å². The highest BCUT2D eigenvalue weighted by molar-refractivity contribution is 7.91. The molecule has 2 aromatic carbocycles. The highest BCUT2D eigenvalue weighted by Gasteiger charge is 2.13. The van der Waals surface area contributed by atoms with E-state index in [1.165, 1.54) is 0 Å². The monoisotopic (exact) mass is 319 g/mol. The smallest absolute Gasteiger partial charge is 0.236 e. The summed E-state index contributed by atoms with van der Waals surface area (Å²) in [6.45, 7) is 5.89. The summed E-state index contributed by atoms with van der Waals surface area (Å²) in [5.74, 6) is 0.659. The van der Waals surface area contributed by atoms with Crippen LogP contribution >= 0.6 is 0 Å². The van der Waals surface area contributed by atoms with Gasteiger partial charge in [-0.3, -0.25) is 4.72 Å². The van der Waals surface area contributed by atoms with Crippen LogP contribution in [0.15, 0.2) is 54.6 Å². The van der Waals surface area contributed by atoms with Gasteiger partial charge in [0.15, 0.2) is 0 Å². The second kappa shape index (κ2) is 6.40. The molecule has 0 aliphatic heterocycles. The predicted octanol–water partition coefficient (Wildman–Crippen LogP) is 3.81. The van der Waals surface area contributed by atoms with Gasteiger partial charge in [0.25, 0.3) is 0 Å². The highest BCUT2D eigenvalue weighted by Crippen LogP contribution is 2.21. The predicted molar refractivity (Wildman–Crippen MR) is 89.5 cm³/mol. The second-order valence-corrected chi connectivity index (χ2v) is 7.81. The average molecular weight is 319 g/mol. The molecule has 1 N–H and O–H groups in total. The van der Waals surface area contributed by atoms with E-state index in [0.29, 0.717) is 11.4 Å². The molecule has 2 rings (SSSR count). The number of sulfonamides is 1. The Bertz CT molecular complexity index is 702. The normalized spacial score (nSPS) is 12.0. The first kappa shape index (κ1) is 16.4. The lowest BCUT2D eigenvalue weighted by molar-refractivity contribution is 0.131. The van der Waals surface area contributed by atoms with Crippen LogP contribution in [0.2, 0.25) is 0 Å². The first-order valence-electron chi connectivity index (χ1n) is 7.07. The number of rotatable bonds is 5. The van der Waals surface area contributed by atoms with Crippen LogP contribution < -0.4 is 9.46 Å². The number of ether oxygens (including phenoxy) is 1. The fourth-order valence-electron chi connectivity index (χ4n) is 1.95. The highest BCUT2D eigenvalue weighted by atomic mass is 32.2. The molecule has 0 aliphatic rings. The number of hydrogen-bond donors (Lipinski definition) is 1. The van der Waals surface area contributed by atoms with Crippen LogP contribution in [0.5, 0.6) is 5.75 Å². The zero-order valence-electron chi connectivity index (χ0n) is 13.0. The lowest BCUT2D eigenvalue weighted by atomic mass is 10.2. The Morgan fingerprint density at radius 1 is 0.955 bits per heavy atom. The van der Waals surface area contributed by atoms with E-state index in [1.807, 2.05) is 39.0 Å². The lowest BCUT2D eigenvalue weighted by Gasteiger charge is -2.21. The third-order valence-corrected chi connectivity index (χ3v) is 4.01. The molecule has 4 nitrogen and oxygen atoms in total. The van der Waals surface area contributed by atoms with Gasteiger partial charge in [0, 0.05) is 5.69 Å². The van der Waals surface area contributed by atoms with E-state index >= 15 is 0 Å². The Morgan fingerprint density at radius 3 is 2.09 bits per heavy atom. The van der Waals surface area contributed by atoms with Gasteiger partial charge in [-0.15, -0.1) is 0 Å². The van der Waals surface area contributed by atoms with Gasteiger partial charge in [-0.05, 0) is 50.6 Å². The molecule has 0 spiro atoms. The quantitative estimate of drug-likeness (QED) is 0.912. The molecule has 0 saturated heterocycles. The summed E-state index contributed by atoms with van der Waals surface area (Å²) >= 11 is 0. The van der Waals surface area contributed by atoms with Gasteiger partial charge in [0.05, 0.1) is 5.75 Å². The lowest BCUT2D eigenvalue weighted by Crippen LogP contribution is -2.22. The Morgan fingerprint density at radius 2 is 1.55 bits per heavy atom. The summed E-state index contributed by atoms with van der Waals surface area (Å²) in [5, 5.41) is 0. The molecule has 0 bridgehead atoms. The first-order valence-corrected chi connectivity index (χ1v) is 8.72. The van der Waals surface area contributed by atoms with Crippen LogP contribution in [-0.2, 0) is 15.8 Å². The van der Waals surface area contributed by atoms with Crippen molar-refractivity contribution in [3.63, 3.8) is 0 Å². The number of hydrogen-bond acceptors (Lipinski definition) is 3. The molecule has 0 heterocycles. The minimum atomic E-state index is -3.43. The van der Waals surface area contributed by atoms with Gasteiger partial charge in [0.2, 0.25) is 10.0 Å². The summed E-state index contributed by atoms with van der Waals surface area (Å²) in [4.78, 5) is 0. The molecule has 0 aromatic heterocycles. The van der Waals surface area contributed by atoms with E-state index in [0.717, 1.165) is 5.56 Å². The summed E-state index contributed by atoms with van der Waals surface area (Å²) in [7, 11) is -3.43. The van der Waals surface area contributed by atoms with Gasteiger partial charge in [-0.25, -0.2) is 8.42 Å². The largest absolute Gasteiger partial charge is 0.488 e.